The third-order valence-corrected chi connectivity index (χ3v) is 5.27. The Morgan fingerprint density at radius 1 is 1.23 bits per heavy atom. The Morgan fingerprint density at radius 3 is 2.65 bits per heavy atom. The van der Waals surface area contributed by atoms with Crippen LogP contribution >= 0.6 is 0 Å². The Balaban J connectivity index is 1.62. The molecule has 2 N–H and O–H groups in total. The molecule has 0 aliphatic carbocycles. The van der Waals surface area contributed by atoms with Crippen molar-refractivity contribution in [3.63, 3.8) is 0 Å². The normalized spacial score (nSPS) is 15.0. The summed E-state index contributed by atoms with van der Waals surface area (Å²) in [5.41, 5.74) is 2.24. The number of nitrogens with zero attached hydrogens (tertiary/aromatic N) is 3. The number of aryl methyl sites for hydroxylation is 2. The van der Waals surface area contributed by atoms with Crippen LogP contribution in [0, 0.1) is 13.8 Å². The summed E-state index contributed by atoms with van der Waals surface area (Å²) in [5.74, 6) is 0.712. The van der Waals surface area contributed by atoms with Gasteiger partial charge < -0.3 is 19.5 Å². The van der Waals surface area contributed by atoms with Crippen molar-refractivity contribution in [3.8, 4) is 0 Å². The summed E-state index contributed by atoms with van der Waals surface area (Å²) >= 11 is 0. The number of aromatic amines is 1. The molecule has 0 unspecified atom stereocenters. The van der Waals surface area contributed by atoms with Crippen LogP contribution in [-0.4, -0.2) is 47.3 Å². The van der Waals surface area contributed by atoms with Crippen molar-refractivity contribution in [3.05, 3.63) is 75.0 Å². The minimum absolute atomic E-state index is 0.227. The molecule has 2 aromatic heterocycles. The van der Waals surface area contributed by atoms with E-state index < -0.39 is 0 Å². The van der Waals surface area contributed by atoms with Gasteiger partial charge in [-0.25, -0.2) is 4.98 Å². The summed E-state index contributed by atoms with van der Waals surface area (Å²) in [7, 11) is 0. The van der Waals surface area contributed by atoms with Crippen molar-refractivity contribution in [1.82, 2.24) is 20.4 Å². The van der Waals surface area contributed by atoms with E-state index in [1.165, 1.54) is 6.07 Å². The van der Waals surface area contributed by atoms with Gasteiger partial charge >= 0.3 is 0 Å². The number of anilines is 1. The molecule has 3 heterocycles. The number of hydrogen-bond donors (Lipinski definition) is 2. The van der Waals surface area contributed by atoms with Gasteiger partial charge in [-0.15, -0.1) is 0 Å². The molecule has 0 radical (unpaired) electrons. The van der Waals surface area contributed by atoms with Crippen LogP contribution in [0.3, 0.4) is 0 Å². The zero-order chi connectivity index (χ0) is 21.8. The number of carbonyl (C=O) groups is 1. The zero-order valence-corrected chi connectivity index (χ0v) is 17.6. The van der Waals surface area contributed by atoms with Crippen molar-refractivity contribution >= 4 is 11.9 Å². The molecular formula is C22H25N5O4. The minimum atomic E-state index is -0.380. The van der Waals surface area contributed by atoms with Gasteiger partial charge in [0.2, 0.25) is 5.95 Å². The number of carbonyl (C=O) groups excluding carboxylic acids is 1. The van der Waals surface area contributed by atoms with Crippen molar-refractivity contribution in [2.24, 2.45) is 0 Å². The number of hydrogen-bond acceptors (Lipinski definition) is 7. The summed E-state index contributed by atoms with van der Waals surface area (Å²) < 4.78 is 10.5. The first-order valence-electron chi connectivity index (χ1n) is 10.2. The maximum Gasteiger partial charge on any atom is 0.257 e. The molecule has 1 amide bonds. The third kappa shape index (κ3) is 4.83. The molecule has 1 aliphatic heterocycles. The van der Waals surface area contributed by atoms with Crippen LogP contribution < -0.4 is 15.8 Å². The quantitative estimate of drug-likeness (QED) is 0.623. The van der Waals surface area contributed by atoms with Gasteiger partial charge in [0, 0.05) is 25.6 Å². The Hall–Kier alpha value is -3.46. The number of rotatable bonds is 6. The van der Waals surface area contributed by atoms with Crippen LogP contribution in [0.5, 0.6) is 0 Å². The Kier molecular flexibility index (Phi) is 6.13. The van der Waals surface area contributed by atoms with Gasteiger partial charge in [0.15, 0.2) is 0 Å². The Labute approximate surface area is 179 Å². The standard InChI is InChI=1S/C22H25N5O4/c1-14-20(15(2)31-26-14)21(29)24-18(16-6-4-3-5-7-16)12-17-13-19(28)25-22(23-17)27-8-10-30-11-9-27/h3-7,13,18H,8-12H2,1-2H3,(H,24,29)(H,23,25,28)/t18-/m1/s1. The number of morpholine rings is 1. The largest absolute Gasteiger partial charge is 0.378 e. The maximum atomic E-state index is 13.0. The maximum absolute atomic E-state index is 13.0. The lowest BCUT2D eigenvalue weighted by molar-refractivity contribution is 0.0934. The molecule has 1 saturated heterocycles. The van der Waals surface area contributed by atoms with Crippen LogP contribution in [0.1, 0.15) is 39.1 Å². The Bertz CT molecular complexity index is 1080. The number of ether oxygens (including phenoxy) is 1. The highest BCUT2D eigenvalue weighted by Gasteiger charge is 2.23. The van der Waals surface area contributed by atoms with E-state index in [0.29, 0.717) is 61.4 Å². The smallest absolute Gasteiger partial charge is 0.257 e. The molecule has 9 nitrogen and oxygen atoms in total. The van der Waals surface area contributed by atoms with Crippen LogP contribution in [0.2, 0.25) is 0 Å². The fraction of sp³-hybridized carbons (Fsp3) is 0.364. The van der Waals surface area contributed by atoms with Gasteiger partial charge in [0.25, 0.3) is 11.5 Å². The van der Waals surface area contributed by atoms with E-state index in [0.717, 1.165) is 5.56 Å². The van der Waals surface area contributed by atoms with Crippen LogP contribution in [0.15, 0.2) is 45.7 Å². The van der Waals surface area contributed by atoms with E-state index in [1.54, 1.807) is 13.8 Å². The summed E-state index contributed by atoms with van der Waals surface area (Å²) in [5, 5.41) is 6.93. The highest BCUT2D eigenvalue weighted by molar-refractivity contribution is 5.96. The van der Waals surface area contributed by atoms with Gasteiger partial charge in [0.05, 0.1) is 30.6 Å². The first-order valence-corrected chi connectivity index (χ1v) is 10.2. The van der Waals surface area contributed by atoms with E-state index in [-0.39, 0.29) is 17.5 Å². The SMILES string of the molecule is Cc1noc(C)c1C(=O)N[C@H](Cc1cc(=O)[nH]c(N2CCOCC2)n1)c1ccccc1. The van der Waals surface area contributed by atoms with E-state index in [2.05, 4.69) is 20.4 Å². The van der Waals surface area contributed by atoms with Crippen molar-refractivity contribution < 1.29 is 14.1 Å². The molecule has 1 fully saturated rings. The number of H-pyrrole nitrogens is 1. The van der Waals surface area contributed by atoms with E-state index >= 15 is 0 Å². The molecule has 4 rings (SSSR count). The summed E-state index contributed by atoms with van der Waals surface area (Å²) in [6, 6.07) is 10.7. The van der Waals surface area contributed by atoms with Crippen molar-refractivity contribution in [1.29, 1.82) is 0 Å². The number of nitrogens with one attached hydrogen (secondary N) is 2. The van der Waals surface area contributed by atoms with Crippen LogP contribution in [0.25, 0.3) is 0 Å². The van der Waals surface area contributed by atoms with E-state index in [9.17, 15) is 9.59 Å². The second kappa shape index (κ2) is 9.13. The summed E-state index contributed by atoms with van der Waals surface area (Å²) in [6.45, 7) is 5.95. The highest BCUT2D eigenvalue weighted by Crippen LogP contribution is 2.20. The lowest BCUT2D eigenvalue weighted by Gasteiger charge is -2.27. The Morgan fingerprint density at radius 2 is 1.97 bits per heavy atom. The molecular weight excluding hydrogens is 398 g/mol. The van der Waals surface area contributed by atoms with Crippen molar-refractivity contribution in [2.45, 2.75) is 26.3 Å². The molecule has 1 atom stereocenters. The number of aromatic nitrogens is 3. The van der Waals surface area contributed by atoms with Gasteiger partial charge in [-0.3, -0.25) is 14.6 Å². The minimum Gasteiger partial charge on any atom is -0.378 e. The molecule has 0 saturated carbocycles. The van der Waals surface area contributed by atoms with Gasteiger partial charge in [-0.1, -0.05) is 35.5 Å². The number of benzene rings is 1. The van der Waals surface area contributed by atoms with Gasteiger partial charge in [-0.2, -0.15) is 0 Å². The third-order valence-electron chi connectivity index (χ3n) is 5.27. The van der Waals surface area contributed by atoms with Gasteiger partial charge in [0.1, 0.15) is 11.3 Å². The topological polar surface area (TPSA) is 113 Å². The number of amides is 1. The zero-order valence-electron chi connectivity index (χ0n) is 17.6. The summed E-state index contributed by atoms with van der Waals surface area (Å²) in [4.78, 5) is 34.7. The molecule has 162 valence electrons. The predicted molar refractivity (Wildman–Crippen MR) is 114 cm³/mol. The molecule has 0 bridgehead atoms. The molecule has 31 heavy (non-hydrogen) atoms. The average molecular weight is 423 g/mol. The van der Waals surface area contributed by atoms with Crippen LogP contribution in [-0.2, 0) is 11.2 Å². The lowest BCUT2D eigenvalue weighted by Crippen LogP contribution is -2.38. The molecule has 9 heteroatoms. The van der Waals surface area contributed by atoms with E-state index in [1.807, 2.05) is 35.2 Å². The second-order valence-electron chi connectivity index (χ2n) is 7.50. The monoisotopic (exact) mass is 423 g/mol. The van der Waals surface area contributed by atoms with Crippen molar-refractivity contribution in [2.75, 3.05) is 31.2 Å². The molecule has 0 spiro atoms. The fourth-order valence-electron chi connectivity index (χ4n) is 3.71. The second-order valence-corrected chi connectivity index (χ2v) is 7.50. The molecule has 3 aromatic rings. The first kappa shape index (κ1) is 20.8. The average Bonchev–Trinajstić information content (AvgIpc) is 3.12. The fourth-order valence-corrected chi connectivity index (χ4v) is 3.71. The summed E-state index contributed by atoms with van der Waals surface area (Å²) in [6.07, 6.45) is 0.361. The lowest BCUT2D eigenvalue weighted by atomic mass is 10.0. The highest BCUT2D eigenvalue weighted by atomic mass is 16.5. The van der Waals surface area contributed by atoms with Crippen LogP contribution in [0.4, 0.5) is 5.95 Å². The first-order chi connectivity index (χ1) is 15.0. The van der Waals surface area contributed by atoms with Gasteiger partial charge in [-0.05, 0) is 19.4 Å². The van der Waals surface area contributed by atoms with E-state index in [4.69, 9.17) is 9.26 Å². The predicted octanol–water partition coefficient (Wildman–Crippen LogP) is 1.93. The molecule has 1 aliphatic rings. The molecule has 1 aromatic carbocycles.